The van der Waals surface area contributed by atoms with Gasteiger partial charge in [0.1, 0.15) is 5.82 Å². The van der Waals surface area contributed by atoms with E-state index in [-0.39, 0.29) is 0 Å². The molecule has 0 aliphatic carbocycles. The van der Waals surface area contributed by atoms with Crippen LogP contribution in [0.25, 0.3) is 0 Å². The second-order valence-corrected chi connectivity index (χ2v) is 2.66. The van der Waals surface area contributed by atoms with Crippen LogP contribution in [0.4, 0.5) is 0 Å². The van der Waals surface area contributed by atoms with Crippen LogP contribution in [-0.2, 0) is 12.3 Å². The molecule has 2 nitrogen and oxygen atoms in total. The van der Waals surface area contributed by atoms with Gasteiger partial charge in [-0.05, 0) is 6.42 Å². The summed E-state index contributed by atoms with van der Waals surface area (Å²) in [4.78, 5) is 8.29. The molecule has 0 saturated heterocycles. The molecule has 1 aromatic heterocycles. The summed E-state index contributed by atoms with van der Waals surface area (Å²) in [5.74, 6) is 1.40. The van der Waals surface area contributed by atoms with Gasteiger partial charge >= 0.3 is 0 Å². The van der Waals surface area contributed by atoms with Gasteiger partial charge in [0.2, 0.25) is 0 Å². The molecule has 0 amide bonds. The van der Waals surface area contributed by atoms with Gasteiger partial charge in [0, 0.05) is 24.4 Å². The predicted octanol–water partition coefficient (Wildman–Crippen LogP) is 2.17. The lowest BCUT2D eigenvalue weighted by Crippen LogP contribution is -1.94. The Kier molecular flexibility index (Phi) is 3.30. The minimum absolute atomic E-state index is 0.492. The topological polar surface area (TPSA) is 25.8 Å². The SMILES string of the molecule is CCCc1ncc(CCl)cn1. The van der Waals surface area contributed by atoms with Crippen molar-refractivity contribution in [3.8, 4) is 0 Å². The quantitative estimate of drug-likeness (QED) is 0.650. The first-order chi connectivity index (χ1) is 5.36. The monoisotopic (exact) mass is 170 g/mol. The van der Waals surface area contributed by atoms with Crippen LogP contribution in [0.5, 0.6) is 0 Å². The van der Waals surface area contributed by atoms with Gasteiger partial charge in [0.25, 0.3) is 0 Å². The number of alkyl halides is 1. The number of halogens is 1. The zero-order valence-corrected chi connectivity index (χ0v) is 7.30. The largest absolute Gasteiger partial charge is 0.241 e. The molecule has 60 valence electrons. The lowest BCUT2D eigenvalue weighted by Gasteiger charge is -1.96. The summed E-state index contributed by atoms with van der Waals surface area (Å²) in [6, 6.07) is 0. The number of nitrogens with zero attached hydrogens (tertiary/aromatic N) is 2. The van der Waals surface area contributed by atoms with Crippen LogP contribution in [0.2, 0.25) is 0 Å². The minimum Gasteiger partial charge on any atom is -0.241 e. The van der Waals surface area contributed by atoms with Crippen LogP contribution >= 0.6 is 11.6 Å². The van der Waals surface area contributed by atoms with Crippen LogP contribution in [0.15, 0.2) is 12.4 Å². The molecular weight excluding hydrogens is 160 g/mol. The maximum absolute atomic E-state index is 5.58. The Hall–Kier alpha value is -0.630. The molecule has 0 unspecified atom stereocenters. The molecule has 0 saturated carbocycles. The van der Waals surface area contributed by atoms with Gasteiger partial charge in [0.05, 0.1) is 5.88 Å². The summed E-state index contributed by atoms with van der Waals surface area (Å²) >= 11 is 5.58. The number of rotatable bonds is 3. The number of aromatic nitrogens is 2. The highest BCUT2D eigenvalue weighted by Crippen LogP contribution is 2.00. The maximum Gasteiger partial charge on any atom is 0.128 e. The first-order valence-electron chi connectivity index (χ1n) is 3.72. The molecule has 0 aliphatic heterocycles. The van der Waals surface area contributed by atoms with Crippen molar-refractivity contribution in [1.29, 1.82) is 0 Å². The van der Waals surface area contributed by atoms with E-state index in [0.29, 0.717) is 5.88 Å². The molecule has 0 aliphatic rings. The lowest BCUT2D eigenvalue weighted by atomic mass is 10.3. The average Bonchev–Trinajstić information content (AvgIpc) is 2.07. The van der Waals surface area contributed by atoms with Crippen LogP contribution in [0.1, 0.15) is 24.7 Å². The molecule has 11 heavy (non-hydrogen) atoms. The Balaban J connectivity index is 2.66. The van der Waals surface area contributed by atoms with Gasteiger partial charge in [-0.25, -0.2) is 9.97 Å². The molecule has 0 fully saturated rings. The molecule has 1 aromatic rings. The third-order valence-corrected chi connectivity index (χ3v) is 1.70. The van der Waals surface area contributed by atoms with Gasteiger partial charge in [-0.15, -0.1) is 11.6 Å². The standard InChI is InChI=1S/C8H11ClN2/c1-2-3-8-10-5-7(4-9)6-11-8/h5-6H,2-4H2,1H3. The van der Waals surface area contributed by atoms with Crippen molar-refractivity contribution in [3.63, 3.8) is 0 Å². The first-order valence-corrected chi connectivity index (χ1v) is 4.26. The van der Waals surface area contributed by atoms with E-state index in [9.17, 15) is 0 Å². The van der Waals surface area contributed by atoms with Crippen molar-refractivity contribution in [1.82, 2.24) is 9.97 Å². The fourth-order valence-electron chi connectivity index (χ4n) is 0.803. The normalized spacial score (nSPS) is 10.0. The van der Waals surface area contributed by atoms with E-state index < -0.39 is 0 Å². The third kappa shape index (κ3) is 2.46. The lowest BCUT2D eigenvalue weighted by molar-refractivity contribution is 0.829. The Morgan fingerprint density at radius 2 is 2.00 bits per heavy atom. The Morgan fingerprint density at radius 3 is 2.45 bits per heavy atom. The summed E-state index contributed by atoms with van der Waals surface area (Å²) in [7, 11) is 0. The molecule has 0 spiro atoms. The third-order valence-electron chi connectivity index (χ3n) is 1.39. The second kappa shape index (κ2) is 4.29. The first kappa shape index (κ1) is 8.47. The molecule has 0 radical (unpaired) electrons. The number of hydrogen-bond donors (Lipinski definition) is 0. The van der Waals surface area contributed by atoms with Crippen LogP contribution in [0, 0.1) is 0 Å². The van der Waals surface area contributed by atoms with Gasteiger partial charge in [0.15, 0.2) is 0 Å². The number of aryl methyl sites for hydroxylation is 1. The highest BCUT2D eigenvalue weighted by atomic mass is 35.5. The molecule has 0 atom stereocenters. The molecule has 0 bridgehead atoms. The highest BCUT2D eigenvalue weighted by molar-refractivity contribution is 6.17. The van der Waals surface area contributed by atoms with Crippen LogP contribution in [0.3, 0.4) is 0 Å². The van der Waals surface area contributed by atoms with E-state index in [1.54, 1.807) is 12.4 Å². The summed E-state index contributed by atoms with van der Waals surface area (Å²) in [5, 5.41) is 0. The average molecular weight is 171 g/mol. The van der Waals surface area contributed by atoms with E-state index in [4.69, 9.17) is 11.6 Å². The van der Waals surface area contributed by atoms with E-state index >= 15 is 0 Å². The van der Waals surface area contributed by atoms with Crippen LogP contribution < -0.4 is 0 Å². The molecule has 0 N–H and O–H groups in total. The Morgan fingerprint density at radius 1 is 1.36 bits per heavy atom. The fourth-order valence-corrected chi connectivity index (χ4v) is 0.941. The van der Waals surface area contributed by atoms with Crippen molar-refractivity contribution in [2.24, 2.45) is 0 Å². The van der Waals surface area contributed by atoms with Crippen molar-refractivity contribution < 1.29 is 0 Å². The van der Waals surface area contributed by atoms with Crippen molar-refractivity contribution >= 4 is 11.6 Å². The molecule has 3 heteroatoms. The van der Waals surface area contributed by atoms with E-state index in [2.05, 4.69) is 16.9 Å². The Bertz CT molecular complexity index is 208. The van der Waals surface area contributed by atoms with Crippen molar-refractivity contribution in [2.45, 2.75) is 25.6 Å². The van der Waals surface area contributed by atoms with E-state index in [0.717, 1.165) is 24.2 Å². The summed E-state index contributed by atoms with van der Waals surface area (Å²) in [5.41, 5.74) is 0.978. The molecule has 1 heterocycles. The van der Waals surface area contributed by atoms with Gasteiger partial charge < -0.3 is 0 Å². The maximum atomic E-state index is 5.58. The minimum atomic E-state index is 0.492. The highest BCUT2D eigenvalue weighted by Gasteiger charge is 1.94. The van der Waals surface area contributed by atoms with Gasteiger partial charge in [-0.1, -0.05) is 6.92 Å². The van der Waals surface area contributed by atoms with Crippen LogP contribution in [-0.4, -0.2) is 9.97 Å². The predicted molar refractivity (Wildman–Crippen MR) is 45.6 cm³/mol. The summed E-state index contributed by atoms with van der Waals surface area (Å²) < 4.78 is 0. The zero-order chi connectivity index (χ0) is 8.10. The zero-order valence-electron chi connectivity index (χ0n) is 6.55. The van der Waals surface area contributed by atoms with Crippen molar-refractivity contribution in [3.05, 3.63) is 23.8 Å². The van der Waals surface area contributed by atoms with Crippen molar-refractivity contribution in [2.75, 3.05) is 0 Å². The fraction of sp³-hybridized carbons (Fsp3) is 0.500. The van der Waals surface area contributed by atoms with E-state index in [1.165, 1.54) is 0 Å². The smallest absolute Gasteiger partial charge is 0.128 e. The van der Waals surface area contributed by atoms with E-state index in [1.807, 2.05) is 0 Å². The molecule has 1 rings (SSSR count). The summed E-state index contributed by atoms with van der Waals surface area (Å²) in [6.07, 6.45) is 5.60. The molecule has 0 aromatic carbocycles. The summed E-state index contributed by atoms with van der Waals surface area (Å²) in [6.45, 7) is 2.11. The molecular formula is C8H11ClN2. The van der Waals surface area contributed by atoms with Gasteiger partial charge in [-0.3, -0.25) is 0 Å². The number of hydrogen-bond acceptors (Lipinski definition) is 2. The Labute approximate surface area is 71.6 Å². The van der Waals surface area contributed by atoms with Gasteiger partial charge in [-0.2, -0.15) is 0 Å². The second-order valence-electron chi connectivity index (χ2n) is 2.39.